The van der Waals surface area contributed by atoms with Crippen molar-refractivity contribution in [2.24, 2.45) is 0 Å². The van der Waals surface area contributed by atoms with Crippen molar-refractivity contribution in [2.45, 2.75) is 0 Å². The molecule has 0 aliphatic carbocycles. The predicted octanol–water partition coefficient (Wildman–Crippen LogP) is 4.08. The molecule has 2 N–H and O–H groups in total. The smallest absolute Gasteiger partial charge is 0.321 e. The van der Waals surface area contributed by atoms with E-state index in [2.05, 4.69) is 0 Å². The first-order valence-electron chi connectivity index (χ1n) is 7.53. The quantitative estimate of drug-likeness (QED) is 0.557. The Morgan fingerprint density at radius 3 is 1.58 bits per heavy atom. The summed E-state index contributed by atoms with van der Waals surface area (Å²) in [6.45, 7) is 0. The van der Waals surface area contributed by atoms with Gasteiger partial charge in [0.1, 0.15) is 0 Å². The predicted molar refractivity (Wildman–Crippen MR) is 98.0 cm³/mol. The largest absolute Gasteiger partial charge is 0.356 e. The van der Waals surface area contributed by atoms with Gasteiger partial charge in [0, 0.05) is 0 Å². The molecule has 0 radical (unpaired) electrons. The van der Waals surface area contributed by atoms with E-state index in [9.17, 15) is 14.4 Å². The van der Waals surface area contributed by atoms with Gasteiger partial charge in [-0.15, -0.1) is 0 Å². The summed E-state index contributed by atoms with van der Waals surface area (Å²) in [6.07, 6.45) is 2.02. The molecule has 0 amide bonds. The molecule has 3 aromatic rings. The average molecular weight is 336 g/mol. The second-order valence-corrected chi connectivity index (χ2v) is 7.03. The molecule has 0 aliphatic heterocycles. The topological polar surface area (TPSA) is 57.5 Å². The van der Waals surface area contributed by atoms with Gasteiger partial charge < -0.3 is 9.79 Å². The molecule has 0 bridgehead atoms. The van der Waals surface area contributed by atoms with Gasteiger partial charge in [0.05, 0.1) is 5.30 Å². The summed E-state index contributed by atoms with van der Waals surface area (Å²) >= 11 is 0. The van der Waals surface area contributed by atoms with Crippen LogP contribution < -0.4 is 5.30 Å². The average Bonchev–Trinajstić information content (AvgIpc) is 2.61. The summed E-state index contributed by atoms with van der Waals surface area (Å²) in [5, 5.41) is 0.0284. The molecule has 0 heterocycles. The Hall–Kier alpha value is -2.45. The third kappa shape index (κ3) is 3.90. The van der Waals surface area contributed by atoms with E-state index in [1.807, 2.05) is 66.7 Å². The Morgan fingerprint density at radius 1 is 0.708 bits per heavy atom. The Bertz CT molecular complexity index is 838. The molecule has 120 valence electrons. The zero-order valence-corrected chi connectivity index (χ0v) is 13.8. The van der Waals surface area contributed by atoms with Gasteiger partial charge >= 0.3 is 7.60 Å². The van der Waals surface area contributed by atoms with Crippen molar-refractivity contribution in [1.29, 1.82) is 0 Å². The number of hydrogen-bond acceptors (Lipinski definition) is 1. The van der Waals surface area contributed by atoms with Gasteiger partial charge in [-0.2, -0.15) is 0 Å². The van der Waals surface area contributed by atoms with Crippen molar-refractivity contribution < 1.29 is 14.4 Å². The lowest BCUT2D eigenvalue weighted by atomic mass is 9.96. The normalized spacial score (nSPS) is 11.1. The minimum atomic E-state index is -4.21. The van der Waals surface area contributed by atoms with E-state index in [-0.39, 0.29) is 5.30 Å². The van der Waals surface area contributed by atoms with Crippen LogP contribution in [0.3, 0.4) is 0 Å². The van der Waals surface area contributed by atoms with Crippen LogP contribution in [0.4, 0.5) is 0 Å². The molecule has 3 nitrogen and oxygen atoms in total. The van der Waals surface area contributed by atoms with E-state index in [0.717, 1.165) is 22.3 Å². The van der Waals surface area contributed by atoms with Crippen LogP contribution in [-0.4, -0.2) is 9.79 Å². The van der Waals surface area contributed by atoms with Crippen molar-refractivity contribution in [3.05, 3.63) is 102 Å². The molecular formula is C20H17O3P. The molecule has 0 unspecified atom stereocenters. The molecule has 3 aromatic carbocycles. The molecule has 0 saturated carbocycles. The molecule has 0 fully saturated rings. The second-order valence-electron chi connectivity index (χ2n) is 5.43. The lowest BCUT2D eigenvalue weighted by molar-refractivity contribution is 0.387. The molecule has 0 spiro atoms. The molecule has 3 rings (SSSR count). The molecular weight excluding hydrogens is 319 g/mol. The van der Waals surface area contributed by atoms with Crippen LogP contribution in [0, 0.1) is 0 Å². The van der Waals surface area contributed by atoms with Crippen LogP contribution in [0.2, 0.25) is 0 Å². The maximum atomic E-state index is 11.3. The van der Waals surface area contributed by atoms with Crippen molar-refractivity contribution in [3.63, 3.8) is 0 Å². The monoisotopic (exact) mass is 336 g/mol. The third-order valence-electron chi connectivity index (χ3n) is 3.71. The van der Waals surface area contributed by atoms with E-state index in [0.29, 0.717) is 0 Å². The van der Waals surface area contributed by atoms with Crippen molar-refractivity contribution in [1.82, 2.24) is 0 Å². The first-order chi connectivity index (χ1) is 11.5. The van der Waals surface area contributed by atoms with E-state index in [1.54, 1.807) is 12.1 Å². The van der Waals surface area contributed by atoms with Crippen LogP contribution in [-0.2, 0) is 4.57 Å². The van der Waals surface area contributed by atoms with Crippen LogP contribution in [0.1, 0.15) is 16.7 Å². The second kappa shape index (κ2) is 6.98. The maximum absolute atomic E-state index is 11.3. The summed E-state index contributed by atoms with van der Waals surface area (Å²) in [5.41, 5.74) is 4.11. The lowest BCUT2D eigenvalue weighted by Crippen LogP contribution is -2.02. The first-order valence-corrected chi connectivity index (χ1v) is 9.14. The molecule has 4 heteroatoms. The van der Waals surface area contributed by atoms with Crippen molar-refractivity contribution >= 4 is 24.5 Å². The first kappa shape index (κ1) is 16.4. The van der Waals surface area contributed by atoms with Crippen LogP contribution in [0.15, 0.2) is 84.9 Å². The van der Waals surface area contributed by atoms with Gasteiger partial charge in [0.25, 0.3) is 0 Å². The molecule has 0 saturated heterocycles. The Morgan fingerprint density at radius 2 is 1.17 bits per heavy atom. The standard InChI is InChI=1S/C20H17O3P/c21-24(22,23)19-13-11-16(12-14-19)15-20(17-7-3-1-4-8-17)18-9-5-2-6-10-18/h1-15H,(H2,21,22,23). The fraction of sp³-hybridized carbons (Fsp3) is 0. The fourth-order valence-corrected chi connectivity index (χ4v) is 3.04. The Labute approximate surface area is 141 Å². The van der Waals surface area contributed by atoms with E-state index < -0.39 is 7.60 Å². The van der Waals surface area contributed by atoms with Gasteiger partial charge in [0.15, 0.2) is 0 Å². The zero-order valence-electron chi connectivity index (χ0n) is 12.9. The highest BCUT2D eigenvalue weighted by Gasteiger charge is 2.16. The highest BCUT2D eigenvalue weighted by molar-refractivity contribution is 7.60. The van der Waals surface area contributed by atoms with E-state index in [4.69, 9.17) is 0 Å². The summed E-state index contributed by atoms with van der Waals surface area (Å²) < 4.78 is 11.3. The van der Waals surface area contributed by atoms with Gasteiger partial charge in [-0.3, -0.25) is 4.57 Å². The Kier molecular flexibility index (Phi) is 4.77. The van der Waals surface area contributed by atoms with E-state index in [1.165, 1.54) is 12.1 Å². The van der Waals surface area contributed by atoms with Gasteiger partial charge in [-0.1, -0.05) is 72.8 Å². The van der Waals surface area contributed by atoms with Gasteiger partial charge in [-0.25, -0.2) is 0 Å². The molecule has 0 aliphatic rings. The van der Waals surface area contributed by atoms with Crippen molar-refractivity contribution in [3.8, 4) is 0 Å². The van der Waals surface area contributed by atoms with Crippen LogP contribution in [0.25, 0.3) is 11.6 Å². The summed E-state index contributed by atoms with van der Waals surface area (Å²) in [6, 6.07) is 26.5. The zero-order chi connectivity index (χ0) is 17.0. The number of hydrogen-bond donors (Lipinski definition) is 2. The number of benzene rings is 3. The molecule has 0 aromatic heterocycles. The SMILES string of the molecule is O=P(O)(O)c1ccc(C=C(c2ccccc2)c2ccccc2)cc1. The summed E-state index contributed by atoms with van der Waals surface area (Å²) in [7, 11) is -4.21. The highest BCUT2D eigenvalue weighted by Crippen LogP contribution is 2.33. The Balaban J connectivity index is 2.06. The van der Waals surface area contributed by atoms with Gasteiger partial charge in [0.2, 0.25) is 0 Å². The van der Waals surface area contributed by atoms with E-state index >= 15 is 0 Å². The van der Waals surface area contributed by atoms with Gasteiger partial charge in [-0.05, 0) is 40.5 Å². The highest BCUT2D eigenvalue weighted by atomic mass is 31.2. The minimum Gasteiger partial charge on any atom is -0.321 e. The lowest BCUT2D eigenvalue weighted by Gasteiger charge is -2.09. The summed E-state index contributed by atoms with van der Waals surface area (Å²) in [4.78, 5) is 18.4. The van der Waals surface area contributed by atoms with Crippen LogP contribution >= 0.6 is 7.60 Å². The minimum absolute atomic E-state index is 0.0284. The molecule has 0 atom stereocenters. The number of rotatable bonds is 4. The fourth-order valence-electron chi connectivity index (χ4n) is 2.50. The summed E-state index contributed by atoms with van der Waals surface area (Å²) in [5.74, 6) is 0. The maximum Gasteiger partial charge on any atom is 0.356 e. The third-order valence-corrected chi connectivity index (χ3v) is 4.68. The van der Waals surface area contributed by atoms with Crippen LogP contribution in [0.5, 0.6) is 0 Å². The molecule has 24 heavy (non-hydrogen) atoms. The van der Waals surface area contributed by atoms with Crippen molar-refractivity contribution in [2.75, 3.05) is 0 Å².